The number of amides is 2. The third-order valence-electron chi connectivity index (χ3n) is 5.91. The number of benzene rings is 1. The Morgan fingerprint density at radius 3 is 2.60 bits per heavy atom. The molecule has 5 rings (SSSR count). The van der Waals surface area contributed by atoms with Gasteiger partial charge < -0.3 is 24.1 Å². The number of carbonyl (C=O) groups is 2. The predicted octanol–water partition coefficient (Wildman–Crippen LogP) is 1.93. The topological polar surface area (TPSA) is 103 Å². The Hall–Kier alpha value is -3.33. The number of carbonyl (C=O) groups excluding carboxylic acids is 2. The zero-order valence-corrected chi connectivity index (χ0v) is 16.7. The molecule has 2 amide bonds. The largest absolute Gasteiger partial charge is 0.497 e. The van der Waals surface area contributed by atoms with Gasteiger partial charge >= 0.3 is 0 Å². The molecule has 3 aliphatic rings. The molecule has 3 aliphatic heterocycles. The number of aryl methyl sites for hydroxylation is 1. The van der Waals surface area contributed by atoms with E-state index in [0.29, 0.717) is 35.3 Å². The van der Waals surface area contributed by atoms with Gasteiger partial charge in [-0.1, -0.05) is 17.3 Å². The number of anilines is 2. The van der Waals surface area contributed by atoms with Gasteiger partial charge in [-0.3, -0.25) is 14.5 Å². The molecule has 1 spiro atoms. The van der Waals surface area contributed by atoms with Crippen molar-refractivity contribution in [3.05, 3.63) is 42.2 Å². The molecule has 0 saturated carbocycles. The van der Waals surface area contributed by atoms with Crippen LogP contribution >= 0.6 is 0 Å². The second kappa shape index (κ2) is 6.60. The molecule has 1 aromatic carbocycles. The highest BCUT2D eigenvalue weighted by Crippen LogP contribution is 2.52. The molecule has 2 bridgehead atoms. The van der Waals surface area contributed by atoms with Crippen molar-refractivity contribution in [3.8, 4) is 11.5 Å². The van der Waals surface area contributed by atoms with Gasteiger partial charge in [-0.2, -0.15) is 0 Å². The minimum Gasteiger partial charge on any atom is -0.497 e. The Morgan fingerprint density at radius 2 is 1.97 bits per heavy atom. The number of hydrogen-bond acceptors (Lipinski definition) is 7. The Kier molecular flexibility index (Phi) is 4.11. The third kappa shape index (κ3) is 2.69. The minimum absolute atomic E-state index is 0.196. The van der Waals surface area contributed by atoms with E-state index in [1.807, 2.05) is 12.2 Å². The van der Waals surface area contributed by atoms with Gasteiger partial charge in [-0.15, -0.1) is 0 Å². The molecular weight excluding hydrogens is 390 g/mol. The lowest BCUT2D eigenvalue weighted by atomic mass is 9.77. The molecule has 0 radical (unpaired) electrons. The van der Waals surface area contributed by atoms with E-state index in [1.54, 1.807) is 31.2 Å². The van der Waals surface area contributed by atoms with Crippen molar-refractivity contribution in [2.45, 2.75) is 18.6 Å². The molecular formula is C21H21N3O6. The van der Waals surface area contributed by atoms with Crippen LogP contribution < -0.4 is 19.7 Å². The fourth-order valence-corrected chi connectivity index (χ4v) is 4.58. The number of methoxy groups -OCH3 is 2. The summed E-state index contributed by atoms with van der Waals surface area (Å²) in [7, 11) is 3.08. The molecule has 0 unspecified atom stereocenters. The van der Waals surface area contributed by atoms with Crippen LogP contribution in [0.3, 0.4) is 0 Å². The lowest BCUT2D eigenvalue weighted by Crippen LogP contribution is -2.41. The van der Waals surface area contributed by atoms with Gasteiger partial charge in [0.15, 0.2) is 5.82 Å². The lowest BCUT2D eigenvalue weighted by Gasteiger charge is -2.23. The van der Waals surface area contributed by atoms with Crippen molar-refractivity contribution in [2.24, 2.45) is 11.8 Å². The van der Waals surface area contributed by atoms with Crippen LogP contribution in [0.5, 0.6) is 11.5 Å². The number of ether oxygens (including phenoxy) is 3. The second-order valence-corrected chi connectivity index (χ2v) is 7.71. The maximum Gasteiger partial charge on any atom is 0.235 e. The molecule has 2 saturated heterocycles. The average Bonchev–Trinajstić information content (AvgIpc) is 3.48. The van der Waals surface area contributed by atoms with E-state index in [2.05, 4.69) is 10.5 Å². The highest BCUT2D eigenvalue weighted by molar-refractivity contribution is 6.05. The van der Waals surface area contributed by atoms with Crippen LogP contribution in [0.25, 0.3) is 0 Å². The van der Waals surface area contributed by atoms with E-state index in [9.17, 15) is 9.59 Å². The quantitative estimate of drug-likeness (QED) is 0.750. The fraction of sp³-hybridized carbons (Fsp3) is 0.381. The summed E-state index contributed by atoms with van der Waals surface area (Å²) in [5.74, 6) is 0.364. The lowest BCUT2D eigenvalue weighted by molar-refractivity contribution is -0.128. The summed E-state index contributed by atoms with van der Waals surface area (Å²) in [6, 6.07) is 6.80. The summed E-state index contributed by atoms with van der Waals surface area (Å²) in [5, 5.41) is 6.84. The number of aromatic nitrogens is 1. The van der Waals surface area contributed by atoms with Gasteiger partial charge in [0.25, 0.3) is 0 Å². The third-order valence-corrected chi connectivity index (χ3v) is 5.91. The van der Waals surface area contributed by atoms with Gasteiger partial charge in [-0.25, -0.2) is 0 Å². The van der Waals surface area contributed by atoms with Crippen LogP contribution in [-0.2, 0) is 14.3 Å². The van der Waals surface area contributed by atoms with E-state index in [4.69, 9.17) is 18.7 Å². The van der Waals surface area contributed by atoms with Crippen LogP contribution in [0, 0.1) is 18.8 Å². The first-order valence-corrected chi connectivity index (χ1v) is 9.60. The molecule has 1 N–H and O–H groups in total. The summed E-state index contributed by atoms with van der Waals surface area (Å²) < 4.78 is 21.8. The molecule has 0 aliphatic carbocycles. The van der Waals surface area contributed by atoms with Crippen molar-refractivity contribution in [1.29, 1.82) is 0 Å². The summed E-state index contributed by atoms with van der Waals surface area (Å²) >= 11 is 0. The SMILES string of the molecule is COc1cc(NC(=O)[C@H]2[C@H]3C=C[C@@]4(CN(c5cc(C)on5)C(=O)[C@@H]24)O3)cc(OC)c1. The zero-order valence-electron chi connectivity index (χ0n) is 16.7. The summed E-state index contributed by atoms with van der Waals surface area (Å²) in [6.45, 7) is 2.06. The number of nitrogens with zero attached hydrogens (tertiary/aromatic N) is 2. The average molecular weight is 411 g/mol. The summed E-state index contributed by atoms with van der Waals surface area (Å²) in [5.41, 5.74) is -0.311. The van der Waals surface area contributed by atoms with Gasteiger partial charge in [-0.05, 0) is 6.92 Å². The highest BCUT2D eigenvalue weighted by Gasteiger charge is 2.67. The van der Waals surface area contributed by atoms with E-state index < -0.39 is 23.5 Å². The highest BCUT2D eigenvalue weighted by atomic mass is 16.5. The molecule has 2 fully saturated rings. The van der Waals surface area contributed by atoms with Gasteiger partial charge in [0, 0.05) is 30.0 Å². The first kappa shape index (κ1) is 18.7. The Morgan fingerprint density at radius 1 is 1.23 bits per heavy atom. The standard InChI is InChI=1S/C21H21N3O6/c1-11-6-16(23-30-11)24-10-21-5-4-15(29-21)17(18(21)20(24)26)19(25)22-12-7-13(27-2)9-14(8-12)28-3/h4-9,15,17-18H,10H2,1-3H3,(H,22,25)/t15-,17+,18-,21+/m1/s1. The molecule has 30 heavy (non-hydrogen) atoms. The maximum absolute atomic E-state index is 13.3. The van der Waals surface area contributed by atoms with Crippen LogP contribution in [0.2, 0.25) is 0 Å². The predicted molar refractivity (Wildman–Crippen MR) is 105 cm³/mol. The molecule has 4 atom stereocenters. The molecule has 4 heterocycles. The van der Waals surface area contributed by atoms with Crippen molar-refractivity contribution in [2.75, 3.05) is 31.0 Å². The van der Waals surface area contributed by atoms with E-state index in [1.165, 1.54) is 19.1 Å². The molecule has 2 aromatic rings. The minimum atomic E-state index is -0.831. The zero-order chi connectivity index (χ0) is 21.0. The Labute approximate surface area is 172 Å². The van der Waals surface area contributed by atoms with Crippen molar-refractivity contribution < 1.29 is 28.3 Å². The van der Waals surface area contributed by atoms with E-state index in [-0.39, 0.29) is 11.8 Å². The maximum atomic E-state index is 13.3. The van der Waals surface area contributed by atoms with Crippen molar-refractivity contribution in [1.82, 2.24) is 5.16 Å². The van der Waals surface area contributed by atoms with Crippen LogP contribution in [0.15, 0.2) is 40.9 Å². The van der Waals surface area contributed by atoms with E-state index in [0.717, 1.165) is 0 Å². The Bertz CT molecular complexity index is 1040. The molecule has 9 nitrogen and oxygen atoms in total. The van der Waals surface area contributed by atoms with Crippen LogP contribution in [0.1, 0.15) is 5.76 Å². The van der Waals surface area contributed by atoms with Gasteiger partial charge in [0.2, 0.25) is 11.8 Å². The van der Waals surface area contributed by atoms with Crippen LogP contribution in [0.4, 0.5) is 11.5 Å². The van der Waals surface area contributed by atoms with E-state index >= 15 is 0 Å². The summed E-state index contributed by atoms with van der Waals surface area (Å²) in [6.07, 6.45) is 3.30. The number of hydrogen-bond donors (Lipinski definition) is 1. The number of fused-ring (bicyclic) bond motifs is 1. The van der Waals surface area contributed by atoms with Crippen molar-refractivity contribution in [3.63, 3.8) is 0 Å². The normalized spacial score (nSPS) is 28.7. The molecule has 9 heteroatoms. The van der Waals surface area contributed by atoms with Gasteiger partial charge in [0.05, 0.1) is 38.7 Å². The smallest absolute Gasteiger partial charge is 0.235 e. The second-order valence-electron chi connectivity index (χ2n) is 7.71. The van der Waals surface area contributed by atoms with Gasteiger partial charge in [0.1, 0.15) is 22.9 Å². The molecule has 156 valence electrons. The first-order valence-electron chi connectivity index (χ1n) is 9.60. The molecule has 1 aromatic heterocycles. The number of rotatable bonds is 5. The summed E-state index contributed by atoms with van der Waals surface area (Å²) in [4.78, 5) is 28.0. The Balaban J connectivity index is 1.42. The first-order chi connectivity index (χ1) is 14.4. The monoisotopic (exact) mass is 411 g/mol. The fourth-order valence-electron chi connectivity index (χ4n) is 4.58. The van der Waals surface area contributed by atoms with Crippen LogP contribution in [-0.4, -0.2) is 49.4 Å². The van der Waals surface area contributed by atoms with Crippen molar-refractivity contribution >= 4 is 23.3 Å². The number of nitrogens with one attached hydrogen (secondary N) is 1.